The Labute approximate surface area is 119 Å². The Bertz CT molecular complexity index is 489. The monoisotopic (exact) mass is 272 g/mol. The number of β-lactam (4-membered cyclic amide) rings is 1. The van der Waals surface area contributed by atoms with Crippen LogP contribution in [0.2, 0.25) is 0 Å². The Balaban J connectivity index is 1.57. The van der Waals surface area contributed by atoms with E-state index in [1.165, 1.54) is 0 Å². The molecule has 2 fully saturated rings. The number of fused-ring (bicyclic) bond motifs is 1. The van der Waals surface area contributed by atoms with Crippen molar-refractivity contribution in [2.24, 2.45) is 0 Å². The van der Waals surface area contributed by atoms with Gasteiger partial charge >= 0.3 is 0 Å². The summed E-state index contributed by atoms with van der Waals surface area (Å²) < 4.78 is 5.83. The van der Waals surface area contributed by atoms with Gasteiger partial charge in [0, 0.05) is 26.2 Å². The first-order valence-corrected chi connectivity index (χ1v) is 7.09. The summed E-state index contributed by atoms with van der Waals surface area (Å²) in [4.78, 5) is 16.3. The number of nitrogens with zero attached hydrogens (tertiary/aromatic N) is 2. The third kappa shape index (κ3) is 2.49. The lowest BCUT2D eigenvalue weighted by molar-refractivity contribution is -0.182. The van der Waals surface area contributed by atoms with E-state index in [1.54, 1.807) is 0 Å². The summed E-state index contributed by atoms with van der Waals surface area (Å²) in [6, 6.07) is 10.2. The Morgan fingerprint density at radius 3 is 2.85 bits per heavy atom. The fourth-order valence-electron chi connectivity index (χ4n) is 2.94. The molecule has 1 amide bonds. The van der Waals surface area contributed by atoms with E-state index in [9.17, 15) is 4.79 Å². The standard InChI is InChI=1S/C16H20N2O2/c1-2-8-17-9-10-18-14(11-17)15(16(18)19)20-12-13-6-4-3-5-7-13/h2-7,14-15H,1,8-12H2/t14-,15+/m0/s1. The Morgan fingerprint density at radius 1 is 1.30 bits per heavy atom. The average Bonchev–Trinajstić information content (AvgIpc) is 2.48. The molecule has 2 aliphatic rings. The van der Waals surface area contributed by atoms with Gasteiger partial charge in [-0.25, -0.2) is 0 Å². The molecule has 1 aromatic carbocycles. The largest absolute Gasteiger partial charge is 0.361 e. The van der Waals surface area contributed by atoms with Crippen LogP contribution in [0.4, 0.5) is 0 Å². The molecule has 2 heterocycles. The van der Waals surface area contributed by atoms with Crippen molar-refractivity contribution >= 4 is 5.91 Å². The maximum Gasteiger partial charge on any atom is 0.254 e. The molecule has 0 bridgehead atoms. The van der Waals surface area contributed by atoms with E-state index >= 15 is 0 Å². The zero-order chi connectivity index (χ0) is 13.9. The lowest BCUT2D eigenvalue weighted by Gasteiger charge is -2.52. The van der Waals surface area contributed by atoms with Crippen LogP contribution >= 0.6 is 0 Å². The topological polar surface area (TPSA) is 32.8 Å². The first kappa shape index (κ1) is 13.3. The predicted octanol–water partition coefficient (Wildman–Crippen LogP) is 1.28. The van der Waals surface area contributed by atoms with Crippen LogP contribution in [-0.4, -0.2) is 54.0 Å². The van der Waals surface area contributed by atoms with E-state index in [0.29, 0.717) is 6.61 Å². The van der Waals surface area contributed by atoms with E-state index < -0.39 is 0 Å². The lowest BCUT2D eigenvalue weighted by Crippen LogP contribution is -2.72. The number of hydrogen-bond acceptors (Lipinski definition) is 3. The van der Waals surface area contributed by atoms with Gasteiger partial charge in [-0.1, -0.05) is 36.4 Å². The van der Waals surface area contributed by atoms with E-state index in [-0.39, 0.29) is 18.1 Å². The quantitative estimate of drug-likeness (QED) is 0.598. The molecule has 0 radical (unpaired) electrons. The second-order valence-corrected chi connectivity index (χ2v) is 5.36. The molecule has 0 spiro atoms. The minimum Gasteiger partial charge on any atom is -0.361 e. The smallest absolute Gasteiger partial charge is 0.254 e. The van der Waals surface area contributed by atoms with E-state index in [1.807, 2.05) is 41.3 Å². The molecular weight excluding hydrogens is 252 g/mol. The number of piperazine rings is 1. The van der Waals surface area contributed by atoms with Crippen molar-refractivity contribution in [1.29, 1.82) is 0 Å². The summed E-state index contributed by atoms with van der Waals surface area (Å²) in [5, 5.41) is 0. The molecule has 2 atom stereocenters. The molecule has 2 saturated heterocycles. The Hall–Kier alpha value is -1.65. The highest BCUT2D eigenvalue weighted by atomic mass is 16.5. The number of benzene rings is 1. The van der Waals surface area contributed by atoms with Gasteiger partial charge in [0.05, 0.1) is 12.6 Å². The lowest BCUT2D eigenvalue weighted by atomic mass is 9.94. The summed E-state index contributed by atoms with van der Waals surface area (Å²) in [7, 11) is 0. The molecule has 0 aromatic heterocycles. The number of carbonyl (C=O) groups is 1. The number of hydrogen-bond donors (Lipinski definition) is 0. The molecular formula is C16H20N2O2. The summed E-state index contributed by atoms with van der Waals surface area (Å²) in [6.07, 6.45) is 1.64. The van der Waals surface area contributed by atoms with Crippen molar-refractivity contribution in [1.82, 2.24) is 9.80 Å². The molecule has 20 heavy (non-hydrogen) atoms. The highest BCUT2D eigenvalue weighted by molar-refractivity contribution is 5.88. The molecule has 106 valence electrons. The molecule has 0 saturated carbocycles. The number of amides is 1. The molecule has 1 aromatic rings. The van der Waals surface area contributed by atoms with Gasteiger partial charge in [-0.3, -0.25) is 9.69 Å². The van der Waals surface area contributed by atoms with Crippen LogP contribution in [0.3, 0.4) is 0 Å². The Morgan fingerprint density at radius 2 is 2.10 bits per heavy atom. The maximum atomic E-state index is 12.0. The van der Waals surface area contributed by atoms with Crippen molar-refractivity contribution in [3.63, 3.8) is 0 Å². The van der Waals surface area contributed by atoms with E-state index in [0.717, 1.165) is 31.7 Å². The minimum atomic E-state index is -0.275. The molecule has 2 aliphatic heterocycles. The van der Waals surface area contributed by atoms with Gasteiger partial charge in [0.15, 0.2) is 6.10 Å². The van der Waals surface area contributed by atoms with Crippen LogP contribution in [0.25, 0.3) is 0 Å². The normalized spacial score (nSPS) is 26.0. The van der Waals surface area contributed by atoms with Gasteiger partial charge in [-0.2, -0.15) is 0 Å². The third-order valence-electron chi connectivity index (χ3n) is 4.04. The van der Waals surface area contributed by atoms with Gasteiger partial charge in [0.1, 0.15) is 0 Å². The zero-order valence-corrected chi connectivity index (χ0v) is 11.6. The highest BCUT2D eigenvalue weighted by Crippen LogP contribution is 2.27. The zero-order valence-electron chi connectivity index (χ0n) is 11.6. The number of carbonyl (C=O) groups excluding carboxylic acids is 1. The number of ether oxygens (including phenoxy) is 1. The SMILES string of the molecule is C=CCN1CCN2C(=O)[C@H](OCc3ccccc3)[C@@H]2C1. The molecule has 0 unspecified atom stereocenters. The van der Waals surface area contributed by atoms with Crippen LogP contribution in [0.5, 0.6) is 0 Å². The Kier molecular flexibility index (Phi) is 3.85. The van der Waals surface area contributed by atoms with Gasteiger partial charge < -0.3 is 9.64 Å². The first-order valence-electron chi connectivity index (χ1n) is 7.09. The van der Waals surface area contributed by atoms with Crippen LogP contribution in [0, 0.1) is 0 Å². The van der Waals surface area contributed by atoms with Crippen LogP contribution in [-0.2, 0) is 16.1 Å². The molecule has 3 rings (SSSR count). The van der Waals surface area contributed by atoms with Crippen LogP contribution in [0.15, 0.2) is 43.0 Å². The van der Waals surface area contributed by atoms with Gasteiger partial charge in [0.2, 0.25) is 0 Å². The first-order chi connectivity index (χ1) is 9.79. The second-order valence-electron chi connectivity index (χ2n) is 5.36. The van der Waals surface area contributed by atoms with Crippen molar-refractivity contribution in [2.45, 2.75) is 18.8 Å². The molecule has 4 heteroatoms. The summed E-state index contributed by atoms with van der Waals surface area (Å²) >= 11 is 0. The predicted molar refractivity (Wildman–Crippen MR) is 77.2 cm³/mol. The van der Waals surface area contributed by atoms with Crippen molar-refractivity contribution in [3.05, 3.63) is 48.6 Å². The van der Waals surface area contributed by atoms with Crippen LogP contribution in [0.1, 0.15) is 5.56 Å². The van der Waals surface area contributed by atoms with Crippen LogP contribution < -0.4 is 0 Å². The molecule has 0 aliphatic carbocycles. The molecule has 0 N–H and O–H groups in total. The van der Waals surface area contributed by atoms with E-state index in [2.05, 4.69) is 11.5 Å². The molecule has 4 nitrogen and oxygen atoms in total. The summed E-state index contributed by atoms with van der Waals surface area (Å²) in [6.45, 7) is 7.78. The fraction of sp³-hybridized carbons (Fsp3) is 0.438. The minimum absolute atomic E-state index is 0.143. The fourth-order valence-corrected chi connectivity index (χ4v) is 2.94. The summed E-state index contributed by atoms with van der Waals surface area (Å²) in [5.41, 5.74) is 1.11. The number of rotatable bonds is 5. The van der Waals surface area contributed by atoms with Crippen molar-refractivity contribution < 1.29 is 9.53 Å². The summed E-state index contributed by atoms with van der Waals surface area (Å²) in [5.74, 6) is 0.143. The van der Waals surface area contributed by atoms with Gasteiger partial charge in [0.25, 0.3) is 5.91 Å². The van der Waals surface area contributed by atoms with Gasteiger partial charge in [-0.15, -0.1) is 6.58 Å². The van der Waals surface area contributed by atoms with Crippen molar-refractivity contribution in [3.8, 4) is 0 Å². The maximum absolute atomic E-state index is 12.0. The second kappa shape index (κ2) is 5.77. The van der Waals surface area contributed by atoms with E-state index in [4.69, 9.17) is 4.74 Å². The average molecular weight is 272 g/mol. The van der Waals surface area contributed by atoms with Gasteiger partial charge in [-0.05, 0) is 5.56 Å². The third-order valence-corrected chi connectivity index (χ3v) is 4.04. The van der Waals surface area contributed by atoms with Crippen molar-refractivity contribution in [2.75, 3.05) is 26.2 Å². The highest BCUT2D eigenvalue weighted by Gasteiger charge is 2.50.